The molecule has 5 atom stereocenters. The highest BCUT2D eigenvalue weighted by atomic mass is 35.5. The molecule has 1 heterocycles. The zero-order valence-corrected chi connectivity index (χ0v) is 19.5. The average Bonchev–Trinajstić information content (AvgIpc) is 3.17. The molecule has 8 heteroatoms. The molecule has 1 saturated heterocycles. The highest BCUT2D eigenvalue weighted by molar-refractivity contribution is 6.30. The van der Waals surface area contributed by atoms with Gasteiger partial charge in [0.05, 0.1) is 12.6 Å². The first-order valence-corrected chi connectivity index (χ1v) is 11.9. The maximum atomic E-state index is 13.4. The number of nitrogens with zero attached hydrogens (tertiary/aromatic N) is 1. The van der Waals surface area contributed by atoms with Crippen LogP contribution in [0.2, 0.25) is 5.02 Å². The predicted octanol–water partition coefficient (Wildman–Crippen LogP) is 3.43. The number of hydrogen-bond donors (Lipinski definition) is 2. The Hall–Kier alpha value is -2.12. The second-order valence-electron chi connectivity index (χ2n) is 8.81. The molecule has 1 aliphatic carbocycles. The Labute approximate surface area is 194 Å². The van der Waals surface area contributed by atoms with Crippen LogP contribution in [0.1, 0.15) is 57.9 Å². The third-order valence-corrected chi connectivity index (χ3v) is 6.91. The highest BCUT2D eigenvalue weighted by Crippen LogP contribution is 2.40. The van der Waals surface area contributed by atoms with Crippen LogP contribution in [0.5, 0.6) is 0 Å². The second kappa shape index (κ2) is 11.1. The molecule has 1 aromatic carbocycles. The number of carbonyl (C=O) groups is 3. The van der Waals surface area contributed by atoms with Gasteiger partial charge in [0.1, 0.15) is 12.1 Å². The minimum Gasteiger partial charge on any atom is -0.480 e. The van der Waals surface area contributed by atoms with Gasteiger partial charge in [0.25, 0.3) is 0 Å². The van der Waals surface area contributed by atoms with E-state index in [0.717, 1.165) is 31.2 Å². The summed E-state index contributed by atoms with van der Waals surface area (Å²) in [5.74, 6) is -1.38. The third-order valence-electron chi connectivity index (χ3n) is 6.66. The largest absolute Gasteiger partial charge is 0.480 e. The van der Waals surface area contributed by atoms with Crippen LogP contribution in [-0.2, 0) is 25.5 Å². The Morgan fingerprint density at radius 2 is 1.91 bits per heavy atom. The van der Waals surface area contributed by atoms with Gasteiger partial charge in [0.15, 0.2) is 0 Å². The van der Waals surface area contributed by atoms with Gasteiger partial charge in [-0.2, -0.15) is 0 Å². The van der Waals surface area contributed by atoms with Crippen LogP contribution in [0.25, 0.3) is 0 Å². The van der Waals surface area contributed by atoms with Gasteiger partial charge >= 0.3 is 11.9 Å². The van der Waals surface area contributed by atoms with Crippen molar-refractivity contribution in [3.05, 3.63) is 34.9 Å². The Bertz CT molecular complexity index is 815. The number of likely N-dealkylation sites (tertiary alicyclic amines) is 1. The van der Waals surface area contributed by atoms with E-state index in [-0.39, 0.29) is 24.5 Å². The molecule has 3 rings (SSSR count). The van der Waals surface area contributed by atoms with Crippen molar-refractivity contribution in [1.82, 2.24) is 10.2 Å². The van der Waals surface area contributed by atoms with Crippen LogP contribution < -0.4 is 5.32 Å². The molecular formula is C24H33ClN2O5. The van der Waals surface area contributed by atoms with Crippen LogP contribution in [0, 0.1) is 5.92 Å². The van der Waals surface area contributed by atoms with Crippen molar-refractivity contribution in [2.75, 3.05) is 6.61 Å². The summed E-state index contributed by atoms with van der Waals surface area (Å²) in [6.07, 6.45) is 5.46. The second-order valence-corrected chi connectivity index (χ2v) is 9.24. The van der Waals surface area contributed by atoms with Gasteiger partial charge < -0.3 is 14.7 Å². The lowest BCUT2D eigenvalue weighted by atomic mass is 9.84. The van der Waals surface area contributed by atoms with Gasteiger partial charge in [-0.1, -0.05) is 36.6 Å². The number of halogens is 1. The number of benzene rings is 1. The van der Waals surface area contributed by atoms with E-state index in [2.05, 4.69) is 5.32 Å². The summed E-state index contributed by atoms with van der Waals surface area (Å²) in [5.41, 5.74) is 1.03. The zero-order chi connectivity index (χ0) is 23.3. The number of carboxylic acid groups (broad SMARTS) is 1. The molecule has 7 nitrogen and oxygen atoms in total. The van der Waals surface area contributed by atoms with Crippen LogP contribution in [0.3, 0.4) is 0 Å². The summed E-state index contributed by atoms with van der Waals surface area (Å²) in [6, 6.07) is 5.22. The fourth-order valence-electron chi connectivity index (χ4n) is 5.07. The minimum absolute atomic E-state index is 0.0308. The number of rotatable bonds is 9. The van der Waals surface area contributed by atoms with E-state index in [9.17, 15) is 19.5 Å². The smallest absolute Gasteiger partial charge is 0.326 e. The van der Waals surface area contributed by atoms with E-state index in [0.29, 0.717) is 24.3 Å². The number of amides is 1. The van der Waals surface area contributed by atoms with Gasteiger partial charge in [0.2, 0.25) is 5.91 Å². The van der Waals surface area contributed by atoms with Crippen molar-refractivity contribution in [2.45, 2.75) is 83.0 Å². The molecule has 0 aromatic heterocycles. The predicted molar refractivity (Wildman–Crippen MR) is 121 cm³/mol. The number of ether oxygens (including phenoxy) is 1. The Morgan fingerprint density at radius 3 is 2.56 bits per heavy atom. The molecule has 2 N–H and O–H groups in total. The Kier molecular flexibility index (Phi) is 8.54. The molecule has 2 aliphatic rings. The summed E-state index contributed by atoms with van der Waals surface area (Å²) in [5, 5.41) is 13.5. The van der Waals surface area contributed by atoms with E-state index < -0.39 is 30.1 Å². The highest BCUT2D eigenvalue weighted by Gasteiger charge is 2.48. The lowest BCUT2D eigenvalue weighted by molar-refractivity contribution is -0.152. The lowest BCUT2D eigenvalue weighted by Gasteiger charge is -2.35. The number of esters is 1. The van der Waals surface area contributed by atoms with Crippen molar-refractivity contribution in [1.29, 1.82) is 0 Å². The zero-order valence-electron chi connectivity index (χ0n) is 18.8. The van der Waals surface area contributed by atoms with E-state index >= 15 is 0 Å². The van der Waals surface area contributed by atoms with Crippen molar-refractivity contribution >= 4 is 29.4 Å². The Balaban J connectivity index is 1.69. The van der Waals surface area contributed by atoms with Crippen molar-refractivity contribution < 1.29 is 24.2 Å². The molecule has 1 amide bonds. The SMILES string of the molecule is CCOC(=O)C(CCc1ccc(Cl)cc1)N[C@@H](C)C(=O)N1C(C(=O)O)CC2CCCCC21. The summed E-state index contributed by atoms with van der Waals surface area (Å²) in [6.45, 7) is 3.69. The van der Waals surface area contributed by atoms with Crippen LogP contribution >= 0.6 is 11.6 Å². The van der Waals surface area contributed by atoms with Gasteiger partial charge in [-0.05, 0) is 69.6 Å². The van der Waals surface area contributed by atoms with Crippen molar-refractivity contribution in [3.63, 3.8) is 0 Å². The monoisotopic (exact) mass is 464 g/mol. The molecule has 1 saturated carbocycles. The van der Waals surface area contributed by atoms with Gasteiger partial charge in [-0.15, -0.1) is 0 Å². The van der Waals surface area contributed by atoms with E-state index in [1.165, 1.54) is 0 Å². The quantitative estimate of drug-likeness (QED) is 0.543. The van der Waals surface area contributed by atoms with E-state index in [4.69, 9.17) is 16.3 Å². The summed E-state index contributed by atoms with van der Waals surface area (Å²) < 4.78 is 5.22. The molecule has 0 bridgehead atoms. The Morgan fingerprint density at radius 1 is 1.22 bits per heavy atom. The van der Waals surface area contributed by atoms with Gasteiger partial charge in [0, 0.05) is 11.1 Å². The number of hydrogen-bond acceptors (Lipinski definition) is 5. The molecule has 0 radical (unpaired) electrons. The summed E-state index contributed by atoms with van der Waals surface area (Å²) >= 11 is 5.94. The van der Waals surface area contributed by atoms with Crippen molar-refractivity contribution in [2.24, 2.45) is 5.92 Å². The normalized spacial score (nSPS) is 24.5. The molecule has 1 aliphatic heterocycles. The fraction of sp³-hybridized carbons (Fsp3) is 0.625. The maximum Gasteiger partial charge on any atom is 0.326 e. The van der Waals surface area contributed by atoms with Crippen LogP contribution in [0.15, 0.2) is 24.3 Å². The number of carbonyl (C=O) groups excluding carboxylic acids is 2. The molecule has 1 aromatic rings. The topological polar surface area (TPSA) is 95.9 Å². The number of fused-ring (bicyclic) bond motifs is 1. The molecule has 2 fully saturated rings. The molecule has 4 unspecified atom stereocenters. The first-order chi connectivity index (χ1) is 15.3. The van der Waals surface area contributed by atoms with Crippen molar-refractivity contribution in [3.8, 4) is 0 Å². The molecular weight excluding hydrogens is 432 g/mol. The lowest BCUT2D eigenvalue weighted by Crippen LogP contribution is -2.55. The standard InChI is InChI=1S/C24H33ClN2O5/c1-3-32-24(31)19(13-10-16-8-11-18(25)12-9-16)26-15(2)22(28)27-20-7-5-4-6-17(20)14-21(27)23(29)30/h8-9,11-12,15,17,19-21,26H,3-7,10,13-14H2,1-2H3,(H,29,30)/t15-,17?,19?,20?,21?/m0/s1. The number of aliphatic carboxylic acids is 1. The maximum absolute atomic E-state index is 13.4. The minimum atomic E-state index is -0.954. The van der Waals surface area contributed by atoms with Gasteiger partial charge in [-0.3, -0.25) is 14.9 Å². The molecule has 176 valence electrons. The fourth-order valence-corrected chi connectivity index (χ4v) is 5.19. The summed E-state index contributed by atoms with van der Waals surface area (Å²) in [4.78, 5) is 39.4. The van der Waals surface area contributed by atoms with Gasteiger partial charge in [-0.25, -0.2) is 4.79 Å². The molecule has 32 heavy (non-hydrogen) atoms. The van der Waals surface area contributed by atoms with E-state index in [1.54, 1.807) is 30.9 Å². The summed E-state index contributed by atoms with van der Waals surface area (Å²) in [7, 11) is 0. The first-order valence-electron chi connectivity index (χ1n) is 11.5. The first kappa shape index (κ1) is 24.5. The number of nitrogens with one attached hydrogen (secondary N) is 1. The molecule has 0 spiro atoms. The van der Waals surface area contributed by atoms with Crippen LogP contribution in [-0.4, -0.2) is 58.6 Å². The van der Waals surface area contributed by atoms with Crippen LogP contribution in [0.4, 0.5) is 0 Å². The average molecular weight is 465 g/mol. The number of aryl methyl sites for hydroxylation is 1. The number of carboxylic acids is 1. The van der Waals surface area contributed by atoms with E-state index in [1.807, 2.05) is 12.1 Å². The third kappa shape index (κ3) is 5.81.